The number of nitrogens with zero attached hydrogens (tertiary/aromatic N) is 2. The number of halogens is 5. The van der Waals surface area contributed by atoms with Crippen molar-refractivity contribution >= 4 is 46.2 Å². The van der Waals surface area contributed by atoms with Crippen LogP contribution in [-0.2, 0) is 0 Å². The second kappa shape index (κ2) is 9.76. The lowest BCUT2D eigenvalue weighted by Crippen LogP contribution is -2.17. The van der Waals surface area contributed by atoms with E-state index in [0.29, 0.717) is 31.9 Å². The lowest BCUT2D eigenvalue weighted by molar-refractivity contribution is -0.384. The van der Waals surface area contributed by atoms with Gasteiger partial charge in [-0.1, -0.05) is 41.4 Å². The van der Waals surface area contributed by atoms with Crippen LogP contribution in [0.4, 0.5) is 18.9 Å². The van der Waals surface area contributed by atoms with E-state index in [1.807, 2.05) is 0 Å². The topological polar surface area (TPSA) is 103 Å². The summed E-state index contributed by atoms with van der Waals surface area (Å²) < 4.78 is 41.9. The maximum atomic E-state index is 12.7. The molecule has 0 fully saturated rings. The Balaban J connectivity index is 1.79. The zero-order valence-electron chi connectivity index (χ0n) is 17.5. The normalized spacial score (nSPS) is 11.4. The third-order valence-corrected chi connectivity index (χ3v) is 6.54. The number of ether oxygens (including phenoxy) is 1. The van der Waals surface area contributed by atoms with Crippen LogP contribution in [0, 0.1) is 10.1 Å². The van der Waals surface area contributed by atoms with Gasteiger partial charge in [0.15, 0.2) is 0 Å². The molecule has 13 heteroatoms. The average molecular weight is 555 g/mol. The summed E-state index contributed by atoms with van der Waals surface area (Å²) in [7, 11) is 0. The Bertz CT molecular complexity index is 1510. The van der Waals surface area contributed by atoms with Crippen molar-refractivity contribution in [3.63, 3.8) is 0 Å². The lowest BCUT2D eigenvalue weighted by atomic mass is 9.96. The fraction of sp³-hybridized carbons (Fsp3) is 0.0435. The molecule has 3 aromatic carbocycles. The van der Waals surface area contributed by atoms with E-state index < -0.39 is 28.7 Å². The minimum atomic E-state index is -5.04. The van der Waals surface area contributed by atoms with Gasteiger partial charge >= 0.3 is 12.3 Å². The molecule has 1 N–H and O–H groups in total. The fourth-order valence-electron chi connectivity index (χ4n) is 3.37. The molecule has 1 aromatic heterocycles. The number of nitro benzene ring substituents is 1. The Labute approximate surface area is 214 Å². The summed E-state index contributed by atoms with van der Waals surface area (Å²) >= 11 is 13.2. The molecule has 0 saturated carbocycles. The average Bonchev–Trinajstić information content (AvgIpc) is 3.29. The van der Waals surface area contributed by atoms with E-state index in [9.17, 15) is 33.2 Å². The van der Waals surface area contributed by atoms with Crippen LogP contribution >= 0.6 is 34.5 Å². The smallest absolute Gasteiger partial charge is 0.478 e. The van der Waals surface area contributed by atoms with Crippen LogP contribution in [0.15, 0.2) is 60.0 Å². The second-order valence-corrected chi connectivity index (χ2v) is 8.89. The maximum absolute atomic E-state index is 12.7. The number of alkyl halides is 3. The summed E-state index contributed by atoms with van der Waals surface area (Å²) in [6.07, 6.45) is -5.04. The Morgan fingerprint density at radius 2 is 1.72 bits per heavy atom. The Morgan fingerprint density at radius 3 is 2.36 bits per heavy atom. The van der Waals surface area contributed by atoms with E-state index in [-0.39, 0.29) is 16.7 Å². The molecule has 36 heavy (non-hydrogen) atoms. The Morgan fingerprint density at radius 1 is 1.00 bits per heavy atom. The fourth-order valence-corrected chi connectivity index (χ4v) is 4.49. The first-order valence-electron chi connectivity index (χ1n) is 9.76. The highest BCUT2D eigenvalue weighted by molar-refractivity contribution is 7.13. The SMILES string of the molecule is O=C(O)c1cc(-c2nc(-c3ccc(Cl)c(Cl)c3)cs2)ccc1-c1cc(OC(F)(F)F)ccc1[N+](=O)[O-]. The van der Waals surface area contributed by atoms with Crippen molar-refractivity contribution in [3.8, 4) is 38.7 Å². The van der Waals surface area contributed by atoms with Gasteiger partial charge in [-0.05, 0) is 30.3 Å². The number of nitro groups is 1. The van der Waals surface area contributed by atoms with Crippen LogP contribution in [0.2, 0.25) is 10.0 Å². The monoisotopic (exact) mass is 554 g/mol. The van der Waals surface area contributed by atoms with E-state index in [1.54, 1.807) is 23.6 Å². The second-order valence-electron chi connectivity index (χ2n) is 7.22. The van der Waals surface area contributed by atoms with Crippen molar-refractivity contribution in [1.82, 2.24) is 4.98 Å². The molecule has 0 aliphatic heterocycles. The van der Waals surface area contributed by atoms with Crippen molar-refractivity contribution in [2.45, 2.75) is 6.36 Å². The summed E-state index contributed by atoms with van der Waals surface area (Å²) in [4.78, 5) is 27.2. The van der Waals surface area contributed by atoms with Gasteiger partial charge in [0.05, 0.1) is 31.8 Å². The van der Waals surface area contributed by atoms with E-state index in [2.05, 4.69) is 9.72 Å². The number of aromatic carboxylic acids is 1. The Hall–Kier alpha value is -3.67. The molecule has 4 aromatic rings. The summed E-state index contributed by atoms with van der Waals surface area (Å²) in [5.41, 5.74) is 0.161. The van der Waals surface area contributed by atoms with Crippen LogP contribution < -0.4 is 4.74 Å². The molecule has 0 unspecified atom stereocenters. The molecule has 0 atom stereocenters. The van der Waals surface area contributed by atoms with E-state index in [1.165, 1.54) is 29.5 Å². The number of carbonyl (C=O) groups is 1. The van der Waals surface area contributed by atoms with Gasteiger partial charge in [-0.25, -0.2) is 9.78 Å². The predicted octanol–water partition coefficient (Wildman–Crippen LogP) is 7.96. The zero-order valence-corrected chi connectivity index (χ0v) is 19.9. The quantitative estimate of drug-likeness (QED) is 0.191. The van der Waals surface area contributed by atoms with Gasteiger partial charge in [0, 0.05) is 28.1 Å². The van der Waals surface area contributed by atoms with Crippen molar-refractivity contribution in [2.24, 2.45) is 0 Å². The number of thiazole rings is 1. The number of carboxylic acids is 1. The van der Waals surface area contributed by atoms with E-state index >= 15 is 0 Å². The number of aromatic nitrogens is 1. The molecule has 0 aliphatic rings. The van der Waals surface area contributed by atoms with Crippen LogP contribution in [-0.4, -0.2) is 27.3 Å². The number of carboxylic acid groups (broad SMARTS) is 1. The van der Waals surface area contributed by atoms with Crippen LogP contribution in [0.1, 0.15) is 10.4 Å². The molecule has 4 rings (SSSR count). The molecule has 0 spiro atoms. The highest BCUT2D eigenvalue weighted by Crippen LogP contribution is 2.39. The van der Waals surface area contributed by atoms with Gasteiger partial charge in [0.2, 0.25) is 0 Å². The molecular weight excluding hydrogens is 544 g/mol. The number of rotatable bonds is 6. The minimum Gasteiger partial charge on any atom is -0.478 e. The van der Waals surface area contributed by atoms with Gasteiger partial charge < -0.3 is 9.84 Å². The summed E-state index contributed by atoms with van der Waals surface area (Å²) in [6, 6.07) is 11.3. The number of hydrogen-bond donors (Lipinski definition) is 1. The zero-order chi connectivity index (χ0) is 26.2. The largest absolute Gasteiger partial charge is 0.573 e. The van der Waals surface area contributed by atoms with Crippen molar-refractivity contribution in [3.05, 3.63) is 85.7 Å². The molecule has 7 nitrogen and oxygen atoms in total. The van der Waals surface area contributed by atoms with Gasteiger partial charge in [-0.15, -0.1) is 24.5 Å². The lowest BCUT2D eigenvalue weighted by Gasteiger charge is -2.12. The van der Waals surface area contributed by atoms with Crippen LogP contribution in [0.3, 0.4) is 0 Å². The standard InChI is InChI=1S/C23H11Cl2F3N2O5S/c24-17-5-2-11(8-18(17)25)19-10-36-21(29-19)12-1-4-14(16(7-12)22(31)32)15-9-13(35-23(26,27)28)3-6-20(15)30(33)34/h1-10H,(H,31,32). The molecular formula is C23H11Cl2F3N2O5S. The molecule has 1 heterocycles. The molecule has 0 bridgehead atoms. The molecule has 184 valence electrons. The first-order chi connectivity index (χ1) is 16.9. The van der Waals surface area contributed by atoms with Gasteiger partial charge in [-0.2, -0.15) is 0 Å². The number of hydrogen-bond acceptors (Lipinski definition) is 6. The predicted molar refractivity (Wildman–Crippen MR) is 129 cm³/mol. The van der Waals surface area contributed by atoms with Crippen molar-refractivity contribution in [1.29, 1.82) is 0 Å². The number of benzene rings is 3. The highest BCUT2D eigenvalue weighted by Gasteiger charge is 2.32. The third kappa shape index (κ3) is 5.43. The molecule has 0 aliphatic carbocycles. The summed E-state index contributed by atoms with van der Waals surface area (Å²) in [5, 5.41) is 24.2. The van der Waals surface area contributed by atoms with Gasteiger partial charge in [0.25, 0.3) is 5.69 Å². The van der Waals surface area contributed by atoms with E-state index in [0.717, 1.165) is 18.2 Å². The highest BCUT2D eigenvalue weighted by atomic mass is 35.5. The summed E-state index contributed by atoms with van der Waals surface area (Å²) in [5.74, 6) is -2.17. The third-order valence-electron chi connectivity index (χ3n) is 4.90. The first-order valence-corrected chi connectivity index (χ1v) is 11.4. The van der Waals surface area contributed by atoms with E-state index in [4.69, 9.17) is 23.2 Å². The maximum Gasteiger partial charge on any atom is 0.573 e. The Kier molecular flexibility index (Phi) is 6.90. The van der Waals surface area contributed by atoms with Crippen molar-refractivity contribution in [2.75, 3.05) is 0 Å². The minimum absolute atomic E-state index is 0.160. The summed E-state index contributed by atoms with van der Waals surface area (Å²) in [6.45, 7) is 0. The van der Waals surface area contributed by atoms with Gasteiger partial charge in [0.1, 0.15) is 10.8 Å². The van der Waals surface area contributed by atoms with Gasteiger partial charge in [-0.3, -0.25) is 10.1 Å². The molecule has 0 saturated heterocycles. The van der Waals surface area contributed by atoms with Crippen molar-refractivity contribution < 1.29 is 32.7 Å². The first kappa shape index (κ1) is 25.4. The molecule has 0 radical (unpaired) electrons. The van der Waals surface area contributed by atoms with Crippen LogP contribution in [0.5, 0.6) is 5.75 Å². The van der Waals surface area contributed by atoms with Crippen LogP contribution in [0.25, 0.3) is 33.0 Å². The molecule has 0 amide bonds.